The van der Waals surface area contributed by atoms with Gasteiger partial charge in [0.2, 0.25) is 5.89 Å². The molecule has 1 saturated heterocycles. The van der Waals surface area contributed by atoms with Gasteiger partial charge in [-0.25, -0.2) is 0 Å². The van der Waals surface area contributed by atoms with Gasteiger partial charge in [-0.1, -0.05) is 5.10 Å². The van der Waals surface area contributed by atoms with Crippen LogP contribution in [0.1, 0.15) is 46.6 Å². The van der Waals surface area contributed by atoms with Gasteiger partial charge in [-0.15, -0.1) is 5.10 Å². The van der Waals surface area contributed by atoms with Crippen LogP contribution in [0.5, 0.6) is 0 Å². The Morgan fingerprint density at radius 3 is 2.17 bits per heavy atom. The number of anilines is 1. The largest absolute Gasteiger partial charge is 0.406 e. The number of aromatic nitrogens is 2. The standard InChI is InChI=1S/C12H22N4O2/c1-8(13)9-14-15-10(17-9)16-6-11(2,3)18-12(4,5)7-16/h8H,6-7,13H2,1-5H3. The van der Waals surface area contributed by atoms with E-state index < -0.39 is 0 Å². The van der Waals surface area contributed by atoms with Crippen molar-refractivity contribution >= 4 is 6.01 Å². The number of hydrogen-bond acceptors (Lipinski definition) is 6. The number of ether oxygens (including phenoxy) is 1. The molecule has 2 heterocycles. The Bertz CT molecular complexity index is 409. The molecule has 0 aliphatic carbocycles. The molecule has 102 valence electrons. The number of morpholine rings is 1. The lowest BCUT2D eigenvalue weighted by molar-refractivity contribution is -0.134. The summed E-state index contributed by atoms with van der Waals surface area (Å²) >= 11 is 0. The van der Waals surface area contributed by atoms with E-state index in [0.29, 0.717) is 11.9 Å². The third kappa shape index (κ3) is 2.81. The van der Waals surface area contributed by atoms with Crippen molar-refractivity contribution in [2.45, 2.75) is 51.9 Å². The quantitative estimate of drug-likeness (QED) is 0.861. The van der Waals surface area contributed by atoms with E-state index >= 15 is 0 Å². The van der Waals surface area contributed by atoms with Crippen LogP contribution in [0, 0.1) is 0 Å². The summed E-state index contributed by atoms with van der Waals surface area (Å²) in [6.45, 7) is 11.5. The highest BCUT2D eigenvalue weighted by atomic mass is 16.5. The highest BCUT2D eigenvalue weighted by Gasteiger charge is 2.39. The van der Waals surface area contributed by atoms with Gasteiger partial charge in [-0.2, -0.15) is 0 Å². The fourth-order valence-corrected chi connectivity index (χ4v) is 2.46. The molecule has 1 atom stereocenters. The first-order valence-electron chi connectivity index (χ1n) is 6.23. The predicted molar refractivity (Wildman–Crippen MR) is 68.4 cm³/mol. The van der Waals surface area contributed by atoms with Gasteiger partial charge in [0.1, 0.15) is 0 Å². The van der Waals surface area contributed by atoms with Crippen molar-refractivity contribution in [3.8, 4) is 0 Å². The minimum Gasteiger partial charge on any atom is -0.406 e. The summed E-state index contributed by atoms with van der Waals surface area (Å²) in [5.74, 6) is 0.465. The molecule has 2 N–H and O–H groups in total. The van der Waals surface area contributed by atoms with E-state index in [0.717, 1.165) is 13.1 Å². The van der Waals surface area contributed by atoms with E-state index in [1.807, 2.05) is 6.92 Å². The molecule has 2 rings (SSSR count). The number of hydrogen-bond donors (Lipinski definition) is 1. The molecule has 18 heavy (non-hydrogen) atoms. The molecule has 0 spiro atoms. The first-order chi connectivity index (χ1) is 8.19. The molecule has 1 aromatic rings. The van der Waals surface area contributed by atoms with Crippen molar-refractivity contribution in [3.05, 3.63) is 5.89 Å². The second kappa shape index (κ2) is 4.20. The minimum absolute atomic E-state index is 0.242. The van der Waals surface area contributed by atoms with Crippen LogP contribution < -0.4 is 10.6 Å². The SMILES string of the molecule is CC(N)c1nnc(N2CC(C)(C)OC(C)(C)C2)o1. The average molecular weight is 254 g/mol. The van der Waals surface area contributed by atoms with Crippen LogP contribution >= 0.6 is 0 Å². The van der Waals surface area contributed by atoms with Gasteiger partial charge in [0, 0.05) is 0 Å². The normalized spacial score (nSPS) is 24.0. The van der Waals surface area contributed by atoms with E-state index in [9.17, 15) is 0 Å². The second-order valence-electron chi connectivity index (χ2n) is 6.19. The monoisotopic (exact) mass is 254 g/mol. The Balaban J connectivity index is 2.21. The van der Waals surface area contributed by atoms with E-state index in [2.05, 4.69) is 42.8 Å². The maximum atomic E-state index is 6.01. The molecule has 6 heteroatoms. The summed E-state index contributed by atoms with van der Waals surface area (Å²) in [4.78, 5) is 2.06. The van der Waals surface area contributed by atoms with Gasteiger partial charge in [0.15, 0.2) is 0 Å². The molecule has 1 aliphatic rings. The lowest BCUT2D eigenvalue weighted by atomic mass is 9.99. The molecule has 0 aromatic carbocycles. The van der Waals surface area contributed by atoms with Gasteiger partial charge in [-0.3, -0.25) is 0 Å². The Labute approximate surface area is 107 Å². The summed E-state index contributed by atoms with van der Waals surface area (Å²) in [7, 11) is 0. The fraction of sp³-hybridized carbons (Fsp3) is 0.833. The van der Waals surface area contributed by atoms with E-state index in [1.165, 1.54) is 0 Å². The van der Waals surface area contributed by atoms with Gasteiger partial charge < -0.3 is 19.8 Å². The molecule has 0 saturated carbocycles. The van der Waals surface area contributed by atoms with Crippen molar-refractivity contribution in [2.24, 2.45) is 5.73 Å². The van der Waals surface area contributed by atoms with Crippen LogP contribution in [-0.2, 0) is 4.74 Å². The van der Waals surface area contributed by atoms with Crippen molar-refractivity contribution in [2.75, 3.05) is 18.0 Å². The lowest BCUT2D eigenvalue weighted by Gasteiger charge is -2.46. The molecule has 1 fully saturated rings. The van der Waals surface area contributed by atoms with E-state index in [-0.39, 0.29) is 17.2 Å². The molecule has 1 aliphatic heterocycles. The summed E-state index contributed by atoms with van der Waals surface area (Å²) < 4.78 is 11.6. The van der Waals surface area contributed by atoms with Crippen LogP contribution in [0.4, 0.5) is 6.01 Å². The van der Waals surface area contributed by atoms with Crippen molar-refractivity contribution in [3.63, 3.8) is 0 Å². The molecule has 0 bridgehead atoms. The van der Waals surface area contributed by atoms with Gasteiger partial charge in [0.25, 0.3) is 0 Å². The van der Waals surface area contributed by atoms with Crippen LogP contribution in [0.3, 0.4) is 0 Å². The Hall–Kier alpha value is -1.14. The van der Waals surface area contributed by atoms with E-state index in [4.69, 9.17) is 14.9 Å². The fourth-order valence-electron chi connectivity index (χ4n) is 2.46. The Morgan fingerprint density at radius 1 is 1.17 bits per heavy atom. The lowest BCUT2D eigenvalue weighted by Crippen LogP contribution is -2.57. The average Bonchev–Trinajstić information content (AvgIpc) is 2.60. The van der Waals surface area contributed by atoms with Gasteiger partial charge in [0.05, 0.1) is 30.3 Å². The summed E-state index contributed by atoms with van der Waals surface area (Å²) in [6.07, 6.45) is 0. The Morgan fingerprint density at radius 2 is 1.72 bits per heavy atom. The zero-order valence-electron chi connectivity index (χ0n) is 11.7. The molecular weight excluding hydrogens is 232 g/mol. The molecule has 1 aromatic heterocycles. The third-order valence-electron chi connectivity index (χ3n) is 2.79. The van der Waals surface area contributed by atoms with E-state index in [1.54, 1.807) is 0 Å². The van der Waals surface area contributed by atoms with Crippen LogP contribution in [0.2, 0.25) is 0 Å². The highest BCUT2D eigenvalue weighted by Crippen LogP contribution is 2.31. The Kier molecular flexibility index (Phi) is 3.11. The zero-order valence-corrected chi connectivity index (χ0v) is 11.7. The van der Waals surface area contributed by atoms with Crippen LogP contribution in [0.15, 0.2) is 4.42 Å². The molecule has 0 radical (unpaired) electrons. The van der Waals surface area contributed by atoms with Crippen molar-refractivity contribution in [1.29, 1.82) is 0 Å². The van der Waals surface area contributed by atoms with Crippen molar-refractivity contribution < 1.29 is 9.15 Å². The second-order valence-corrected chi connectivity index (χ2v) is 6.19. The zero-order chi connectivity index (χ0) is 13.6. The maximum absolute atomic E-state index is 6.01. The molecule has 1 unspecified atom stereocenters. The predicted octanol–water partition coefficient (Wildman–Crippen LogP) is 1.48. The molecular formula is C12H22N4O2. The van der Waals surface area contributed by atoms with Gasteiger partial charge >= 0.3 is 6.01 Å². The minimum atomic E-state index is -0.245. The first-order valence-corrected chi connectivity index (χ1v) is 6.23. The number of nitrogens with two attached hydrogens (primary N) is 1. The third-order valence-corrected chi connectivity index (χ3v) is 2.79. The summed E-state index contributed by atoms with van der Waals surface area (Å²) in [5.41, 5.74) is 5.23. The maximum Gasteiger partial charge on any atom is 0.318 e. The highest BCUT2D eigenvalue weighted by molar-refractivity contribution is 5.28. The van der Waals surface area contributed by atoms with Crippen LogP contribution in [-0.4, -0.2) is 34.5 Å². The molecule has 6 nitrogen and oxygen atoms in total. The van der Waals surface area contributed by atoms with Gasteiger partial charge in [-0.05, 0) is 34.6 Å². The number of nitrogens with zero attached hydrogens (tertiary/aromatic N) is 3. The summed E-state index contributed by atoms with van der Waals surface area (Å²) in [6, 6.07) is 0.278. The molecule has 0 amide bonds. The van der Waals surface area contributed by atoms with Crippen LogP contribution in [0.25, 0.3) is 0 Å². The number of rotatable bonds is 2. The summed E-state index contributed by atoms with van der Waals surface area (Å²) in [5, 5.41) is 8.03. The van der Waals surface area contributed by atoms with Crippen molar-refractivity contribution in [1.82, 2.24) is 10.2 Å². The smallest absolute Gasteiger partial charge is 0.318 e. The topological polar surface area (TPSA) is 77.4 Å². The first kappa shape index (κ1) is 13.3.